The van der Waals surface area contributed by atoms with Crippen molar-refractivity contribution >= 4 is 23.1 Å². The summed E-state index contributed by atoms with van der Waals surface area (Å²) < 4.78 is 0. The third kappa shape index (κ3) is 3.16. The summed E-state index contributed by atoms with van der Waals surface area (Å²) in [5.41, 5.74) is -0.810. The van der Waals surface area contributed by atoms with Gasteiger partial charge in [-0.15, -0.1) is 0 Å². The van der Waals surface area contributed by atoms with Crippen LogP contribution in [0.3, 0.4) is 0 Å². The van der Waals surface area contributed by atoms with E-state index in [4.69, 9.17) is 11.6 Å². The van der Waals surface area contributed by atoms with Crippen molar-refractivity contribution in [3.8, 4) is 0 Å². The normalized spacial score (nSPS) is 26.2. The molecule has 0 saturated heterocycles. The van der Waals surface area contributed by atoms with Crippen LogP contribution in [0.15, 0.2) is 6.20 Å². The molecule has 2 rings (SSSR count). The van der Waals surface area contributed by atoms with Crippen molar-refractivity contribution in [1.29, 1.82) is 0 Å². The van der Waals surface area contributed by atoms with Gasteiger partial charge < -0.3 is 10.4 Å². The van der Waals surface area contributed by atoms with E-state index < -0.39 is 10.5 Å². The van der Waals surface area contributed by atoms with Crippen molar-refractivity contribution in [2.75, 3.05) is 11.9 Å². The maximum Gasteiger partial charge on any atom is 0.329 e. The van der Waals surface area contributed by atoms with Gasteiger partial charge in [0.25, 0.3) is 0 Å². The zero-order chi connectivity index (χ0) is 14.8. The molecule has 1 aliphatic carbocycles. The van der Waals surface area contributed by atoms with E-state index in [0.29, 0.717) is 5.92 Å². The van der Waals surface area contributed by atoms with Crippen LogP contribution in [0.5, 0.6) is 0 Å². The van der Waals surface area contributed by atoms with E-state index >= 15 is 0 Å². The highest BCUT2D eigenvalue weighted by Crippen LogP contribution is 2.36. The van der Waals surface area contributed by atoms with E-state index in [0.717, 1.165) is 31.9 Å². The lowest BCUT2D eigenvalue weighted by Gasteiger charge is -2.38. The molecule has 0 unspecified atom stereocenters. The Morgan fingerprint density at radius 2 is 2.25 bits per heavy atom. The number of anilines is 1. The lowest BCUT2D eigenvalue weighted by atomic mass is 9.77. The molecule has 1 aliphatic rings. The molecule has 1 fully saturated rings. The number of nitrogens with one attached hydrogen (secondary N) is 1. The molecule has 110 valence electrons. The molecule has 2 N–H and O–H groups in total. The fourth-order valence-electron chi connectivity index (χ4n) is 2.47. The molecular formula is C12H17ClN4O3. The maximum absolute atomic E-state index is 11.0. The Morgan fingerprint density at radius 1 is 1.60 bits per heavy atom. The second-order valence-corrected chi connectivity index (χ2v) is 5.71. The smallest absolute Gasteiger partial charge is 0.329 e. The number of halogens is 1. The Hall–Kier alpha value is -1.47. The first-order valence-electron chi connectivity index (χ1n) is 6.52. The Bertz CT molecular complexity index is 503. The first-order valence-corrected chi connectivity index (χ1v) is 6.89. The van der Waals surface area contributed by atoms with Crippen LogP contribution in [0.25, 0.3) is 0 Å². The molecule has 1 saturated carbocycles. The number of hydrogen-bond acceptors (Lipinski definition) is 6. The summed E-state index contributed by atoms with van der Waals surface area (Å²) in [7, 11) is 0. The van der Waals surface area contributed by atoms with Crippen molar-refractivity contribution in [1.82, 2.24) is 9.97 Å². The molecule has 0 bridgehead atoms. The number of nitrogens with zero attached hydrogens (tertiary/aromatic N) is 3. The highest BCUT2D eigenvalue weighted by Gasteiger charge is 2.35. The molecule has 0 spiro atoms. The summed E-state index contributed by atoms with van der Waals surface area (Å²) >= 11 is 5.70. The first kappa shape index (κ1) is 14.9. The van der Waals surface area contributed by atoms with Gasteiger partial charge in [-0.3, -0.25) is 10.1 Å². The minimum absolute atomic E-state index is 0.0598. The van der Waals surface area contributed by atoms with Crippen molar-refractivity contribution in [3.63, 3.8) is 0 Å². The van der Waals surface area contributed by atoms with Crippen molar-refractivity contribution in [2.45, 2.75) is 38.1 Å². The average Bonchev–Trinajstić information content (AvgIpc) is 2.41. The van der Waals surface area contributed by atoms with Crippen molar-refractivity contribution in [2.24, 2.45) is 5.92 Å². The van der Waals surface area contributed by atoms with Crippen LogP contribution in [0.1, 0.15) is 32.6 Å². The Labute approximate surface area is 121 Å². The van der Waals surface area contributed by atoms with Gasteiger partial charge in [0.05, 0.1) is 17.1 Å². The van der Waals surface area contributed by atoms with Gasteiger partial charge in [0.1, 0.15) is 6.20 Å². The molecule has 0 aromatic carbocycles. The van der Waals surface area contributed by atoms with Crippen LogP contribution in [-0.2, 0) is 0 Å². The lowest BCUT2D eigenvalue weighted by Crippen LogP contribution is -2.45. The monoisotopic (exact) mass is 300 g/mol. The third-order valence-corrected chi connectivity index (χ3v) is 4.04. The number of aliphatic hydroxyl groups is 1. The Kier molecular flexibility index (Phi) is 4.39. The molecule has 0 aliphatic heterocycles. The number of aliphatic hydroxyl groups excluding tert-OH is 1. The van der Waals surface area contributed by atoms with E-state index in [1.54, 1.807) is 0 Å². The van der Waals surface area contributed by atoms with E-state index in [9.17, 15) is 15.2 Å². The van der Waals surface area contributed by atoms with Crippen molar-refractivity contribution in [3.05, 3.63) is 21.6 Å². The molecule has 1 aromatic rings. The summed E-state index contributed by atoms with van der Waals surface area (Å²) in [6, 6.07) is 0. The molecular weight excluding hydrogens is 284 g/mol. The minimum atomic E-state index is -0.574. The van der Waals surface area contributed by atoms with Crippen LogP contribution in [-0.4, -0.2) is 32.1 Å². The lowest BCUT2D eigenvalue weighted by molar-refractivity contribution is -0.384. The van der Waals surface area contributed by atoms with E-state index in [-0.39, 0.29) is 23.4 Å². The zero-order valence-corrected chi connectivity index (χ0v) is 11.9. The van der Waals surface area contributed by atoms with Crippen LogP contribution < -0.4 is 5.32 Å². The largest absolute Gasteiger partial charge is 0.394 e. The molecule has 1 aromatic heterocycles. The van der Waals surface area contributed by atoms with E-state index in [1.807, 2.05) is 0 Å². The maximum atomic E-state index is 11.0. The van der Waals surface area contributed by atoms with Crippen molar-refractivity contribution < 1.29 is 10.0 Å². The molecule has 0 atom stereocenters. The molecule has 0 radical (unpaired) electrons. The summed E-state index contributed by atoms with van der Waals surface area (Å²) in [5.74, 6) is 0.666. The van der Waals surface area contributed by atoms with Crippen LogP contribution in [0.2, 0.25) is 5.28 Å². The summed E-state index contributed by atoms with van der Waals surface area (Å²) in [6.45, 7) is 2.06. The first-order chi connectivity index (χ1) is 9.46. The quantitative estimate of drug-likeness (QED) is 0.503. The van der Waals surface area contributed by atoms with Gasteiger partial charge in [0.2, 0.25) is 11.1 Å². The molecule has 7 nitrogen and oxygen atoms in total. The van der Waals surface area contributed by atoms with Crippen LogP contribution >= 0.6 is 11.6 Å². The highest BCUT2D eigenvalue weighted by atomic mass is 35.5. The molecule has 1 heterocycles. The molecule has 8 heteroatoms. The second kappa shape index (κ2) is 5.88. The Balaban J connectivity index is 2.27. The predicted molar refractivity (Wildman–Crippen MR) is 74.8 cm³/mol. The van der Waals surface area contributed by atoms with E-state index in [1.165, 1.54) is 0 Å². The van der Waals surface area contributed by atoms with E-state index in [2.05, 4.69) is 22.2 Å². The Morgan fingerprint density at radius 3 is 2.80 bits per heavy atom. The summed E-state index contributed by atoms with van der Waals surface area (Å²) in [6.07, 6.45) is 4.47. The summed E-state index contributed by atoms with van der Waals surface area (Å²) in [5, 5.41) is 23.6. The standard InChI is InChI=1S/C12H17ClN4O3/c1-8-2-4-12(7-18,5-3-8)16-10-9(17(19)20)6-14-11(13)15-10/h6,8,18H,2-5,7H2,1H3,(H,14,15,16). The van der Waals surface area contributed by atoms with Crippen LogP contribution in [0, 0.1) is 16.0 Å². The van der Waals surface area contributed by atoms with Gasteiger partial charge in [-0.1, -0.05) is 6.92 Å². The highest BCUT2D eigenvalue weighted by molar-refractivity contribution is 6.28. The average molecular weight is 301 g/mol. The topological polar surface area (TPSA) is 101 Å². The molecule has 0 amide bonds. The fourth-order valence-corrected chi connectivity index (χ4v) is 2.60. The SMILES string of the molecule is CC1CCC(CO)(Nc2nc(Cl)ncc2[N+](=O)[O-])CC1. The number of hydrogen-bond donors (Lipinski definition) is 2. The minimum Gasteiger partial charge on any atom is -0.394 e. The predicted octanol–water partition coefficient (Wildman–Crippen LogP) is 2.39. The number of rotatable bonds is 4. The zero-order valence-electron chi connectivity index (χ0n) is 11.2. The third-order valence-electron chi connectivity index (χ3n) is 3.85. The van der Waals surface area contributed by atoms with Crippen LogP contribution in [0.4, 0.5) is 11.5 Å². The number of nitro groups is 1. The summed E-state index contributed by atoms with van der Waals surface area (Å²) in [4.78, 5) is 18.0. The van der Waals surface area contributed by atoms with Gasteiger partial charge in [0, 0.05) is 0 Å². The number of aromatic nitrogens is 2. The van der Waals surface area contributed by atoms with Gasteiger partial charge >= 0.3 is 5.69 Å². The fraction of sp³-hybridized carbons (Fsp3) is 0.667. The second-order valence-electron chi connectivity index (χ2n) is 5.38. The van der Waals surface area contributed by atoms with Gasteiger partial charge in [0.15, 0.2) is 0 Å². The van der Waals surface area contributed by atoms with Gasteiger partial charge in [-0.25, -0.2) is 4.98 Å². The molecule has 20 heavy (non-hydrogen) atoms. The van der Waals surface area contributed by atoms with Gasteiger partial charge in [-0.2, -0.15) is 4.98 Å². The van der Waals surface area contributed by atoms with Gasteiger partial charge in [-0.05, 0) is 43.2 Å².